The lowest BCUT2D eigenvalue weighted by molar-refractivity contribution is 0.161. The molecule has 2 rings (SSSR count). The molecule has 3 unspecified atom stereocenters. The van der Waals surface area contributed by atoms with Crippen LogP contribution in [0.25, 0.3) is 0 Å². The first kappa shape index (κ1) is 13.6. The van der Waals surface area contributed by atoms with E-state index in [2.05, 4.69) is 0 Å². The smallest absolute Gasteiger partial charge is 0.197 e. The highest BCUT2D eigenvalue weighted by molar-refractivity contribution is 6.37. The van der Waals surface area contributed by atoms with E-state index in [1.54, 1.807) is 0 Å². The molecule has 9 heteroatoms. The molecule has 1 saturated heterocycles. The fraction of sp³-hybridized carbons (Fsp3) is 0.500. The first-order chi connectivity index (χ1) is 7.65. The molecule has 0 N–H and O–H groups in total. The van der Waals surface area contributed by atoms with Gasteiger partial charge in [0.15, 0.2) is 27.9 Å². The van der Waals surface area contributed by atoms with Crippen molar-refractivity contribution in [1.29, 1.82) is 0 Å². The molecule has 0 spiro atoms. The van der Waals surface area contributed by atoms with Gasteiger partial charge in [-0.1, -0.05) is 23.2 Å². The number of halogens is 7. The van der Waals surface area contributed by atoms with Gasteiger partial charge in [0, 0.05) is 17.9 Å². The highest BCUT2D eigenvalue weighted by Gasteiger charge is 2.66. The maximum absolute atomic E-state index is 13.8. The molecule has 2 nitrogen and oxygen atoms in total. The third-order valence-electron chi connectivity index (χ3n) is 2.62. The van der Waals surface area contributed by atoms with E-state index in [1.165, 1.54) is 6.92 Å². The summed E-state index contributed by atoms with van der Waals surface area (Å²) in [4.78, 5) is -2.18. The number of rotatable bonds is 0. The Kier molecular flexibility index (Phi) is 3.08. The third-order valence-corrected chi connectivity index (χ3v) is 4.88. The Hall–Kier alpha value is 0.190. The molecule has 96 valence electrons. The van der Waals surface area contributed by atoms with Gasteiger partial charge in [0.25, 0.3) is 0 Å². The first-order valence-corrected chi connectivity index (χ1v) is 5.79. The Morgan fingerprint density at radius 2 is 1.82 bits per heavy atom. The molecule has 2 aliphatic rings. The molecule has 1 fully saturated rings. The van der Waals surface area contributed by atoms with Gasteiger partial charge in [-0.25, -0.2) is 13.2 Å². The molecular formula is C8H5Cl4F3N2. The Morgan fingerprint density at radius 1 is 1.29 bits per heavy atom. The van der Waals surface area contributed by atoms with Gasteiger partial charge in [0.2, 0.25) is 0 Å². The zero-order valence-corrected chi connectivity index (χ0v) is 11.2. The summed E-state index contributed by atoms with van der Waals surface area (Å²) >= 11 is 23.4. The second-order valence-electron chi connectivity index (χ2n) is 3.73. The SMILES string of the molecule is CC1(Cl)N(Cl)C2=CC(F)=C(F)C(F)C2(Cl)N1Cl. The van der Waals surface area contributed by atoms with Gasteiger partial charge in [-0.2, -0.15) is 4.42 Å². The first-order valence-electron chi connectivity index (χ1n) is 4.36. The number of fused-ring (bicyclic) bond motifs is 1. The largest absolute Gasteiger partial charge is 0.251 e. The van der Waals surface area contributed by atoms with E-state index in [-0.39, 0.29) is 5.70 Å². The predicted molar refractivity (Wildman–Crippen MR) is 60.4 cm³/mol. The number of nitrogens with zero attached hydrogens (tertiary/aromatic N) is 2. The monoisotopic (exact) mass is 326 g/mol. The van der Waals surface area contributed by atoms with Gasteiger partial charge in [0.1, 0.15) is 0 Å². The topological polar surface area (TPSA) is 6.48 Å². The van der Waals surface area contributed by atoms with Crippen LogP contribution in [0.4, 0.5) is 13.2 Å². The Balaban J connectivity index is 2.63. The Morgan fingerprint density at radius 3 is 2.35 bits per heavy atom. The molecule has 0 amide bonds. The van der Waals surface area contributed by atoms with Crippen molar-refractivity contribution in [3.05, 3.63) is 23.4 Å². The van der Waals surface area contributed by atoms with Crippen LogP contribution in [-0.4, -0.2) is 25.1 Å². The lowest BCUT2D eigenvalue weighted by Crippen LogP contribution is -2.49. The molecule has 0 radical (unpaired) electrons. The van der Waals surface area contributed by atoms with Crippen LogP contribution in [0.5, 0.6) is 0 Å². The van der Waals surface area contributed by atoms with Gasteiger partial charge < -0.3 is 0 Å². The molecule has 1 aliphatic heterocycles. The molecule has 0 saturated carbocycles. The molecule has 17 heavy (non-hydrogen) atoms. The zero-order chi connectivity index (χ0) is 13.2. The highest BCUT2D eigenvalue weighted by Crippen LogP contribution is 2.57. The van der Waals surface area contributed by atoms with Crippen LogP contribution in [-0.2, 0) is 0 Å². The summed E-state index contributed by atoms with van der Waals surface area (Å²) in [5, 5.41) is -1.62. The van der Waals surface area contributed by atoms with Crippen molar-refractivity contribution < 1.29 is 13.2 Å². The van der Waals surface area contributed by atoms with Crippen LogP contribution in [0, 0.1) is 0 Å². The normalized spacial score (nSPS) is 42.9. The summed E-state index contributed by atoms with van der Waals surface area (Å²) in [7, 11) is 0. The average molecular weight is 328 g/mol. The van der Waals surface area contributed by atoms with Crippen LogP contribution >= 0.6 is 46.8 Å². The number of hydrogen-bond acceptors (Lipinski definition) is 2. The van der Waals surface area contributed by atoms with Crippen molar-refractivity contribution in [1.82, 2.24) is 8.84 Å². The maximum atomic E-state index is 13.8. The van der Waals surface area contributed by atoms with E-state index in [0.717, 1.165) is 4.42 Å². The highest BCUT2D eigenvalue weighted by atomic mass is 35.5. The molecule has 0 aromatic carbocycles. The second-order valence-corrected chi connectivity index (χ2v) is 5.70. The van der Waals surface area contributed by atoms with Crippen LogP contribution in [0.15, 0.2) is 23.4 Å². The minimum Gasteiger partial charge on any atom is -0.251 e. The quantitative estimate of drug-likeness (QED) is 0.375. The van der Waals surface area contributed by atoms with Crippen molar-refractivity contribution in [2.45, 2.75) is 23.2 Å². The predicted octanol–water partition coefficient (Wildman–Crippen LogP) is 4.15. The Labute approximate surface area is 115 Å². The molecule has 0 aromatic heterocycles. The molecule has 0 bridgehead atoms. The van der Waals surface area contributed by atoms with E-state index >= 15 is 0 Å². The standard InChI is InChI=1S/C8H5Cl4F3N2/c1-7(9)16(11)4-2-3(13)5(14)6(15)8(4,10)17(7)12/h2,6H,1H3. The fourth-order valence-corrected chi connectivity index (χ4v) is 2.95. The van der Waals surface area contributed by atoms with E-state index in [1.807, 2.05) is 0 Å². The lowest BCUT2D eigenvalue weighted by atomic mass is 10.0. The summed E-state index contributed by atoms with van der Waals surface area (Å²) in [5.41, 5.74) is -0.264. The van der Waals surface area contributed by atoms with Crippen molar-refractivity contribution in [3.63, 3.8) is 0 Å². The van der Waals surface area contributed by atoms with Gasteiger partial charge in [-0.05, 0) is 18.7 Å². The van der Waals surface area contributed by atoms with Gasteiger partial charge in [-0.3, -0.25) is 4.42 Å². The van der Waals surface area contributed by atoms with Crippen LogP contribution in [0.1, 0.15) is 6.92 Å². The van der Waals surface area contributed by atoms with Gasteiger partial charge >= 0.3 is 0 Å². The minimum atomic E-state index is -2.51. The number of allylic oxidation sites excluding steroid dienone is 2. The van der Waals surface area contributed by atoms with Gasteiger partial charge in [0.05, 0.1) is 5.70 Å². The number of hydrogen-bond donors (Lipinski definition) is 0. The van der Waals surface area contributed by atoms with Crippen LogP contribution in [0.2, 0.25) is 0 Å². The average Bonchev–Trinajstić information content (AvgIpc) is 2.39. The molecule has 1 aliphatic carbocycles. The van der Waals surface area contributed by atoms with E-state index in [4.69, 9.17) is 46.8 Å². The van der Waals surface area contributed by atoms with Crippen molar-refractivity contribution in [3.8, 4) is 0 Å². The summed E-state index contributed by atoms with van der Waals surface area (Å²) in [5.74, 6) is -3.04. The van der Waals surface area contributed by atoms with Crippen LogP contribution < -0.4 is 0 Å². The second kappa shape index (κ2) is 3.84. The fourth-order valence-electron chi connectivity index (χ4n) is 1.70. The van der Waals surface area contributed by atoms with Crippen molar-refractivity contribution in [2.75, 3.05) is 0 Å². The third kappa shape index (κ3) is 1.53. The van der Waals surface area contributed by atoms with E-state index < -0.39 is 27.9 Å². The minimum absolute atomic E-state index is 0.264. The summed E-state index contributed by atoms with van der Waals surface area (Å²) in [6, 6.07) is 0. The molecule has 1 heterocycles. The summed E-state index contributed by atoms with van der Waals surface area (Å²) in [6.45, 7) is 1.31. The molecule has 3 atom stereocenters. The van der Waals surface area contributed by atoms with Crippen molar-refractivity contribution in [2.24, 2.45) is 0 Å². The Bertz CT molecular complexity index is 438. The summed E-state index contributed by atoms with van der Waals surface area (Å²) < 4.78 is 41.5. The van der Waals surface area contributed by atoms with Crippen LogP contribution in [0.3, 0.4) is 0 Å². The molecule has 0 aromatic rings. The van der Waals surface area contributed by atoms with E-state index in [9.17, 15) is 13.2 Å². The maximum Gasteiger partial charge on any atom is 0.197 e. The molecular weight excluding hydrogens is 323 g/mol. The number of alkyl halides is 3. The lowest BCUT2D eigenvalue weighted by Gasteiger charge is -2.33. The summed E-state index contributed by atoms with van der Waals surface area (Å²) in [6.07, 6.45) is -1.85. The van der Waals surface area contributed by atoms with Crippen molar-refractivity contribution >= 4 is 46.8 Å². The zero-order valence-electron chi connectivity index (χ0n) is 8.19. The van der Waals surface area contributed by atoms with Gasteiger partial charge in [-0.15, -0.1) is 0 Å². The van der Waals surface area contributed by atoms with E-state index in [0.29, 0.717) is 10.5 Å².